The number of rotatable bonds is 2. The molecule has 0 aliphatic heterocycles. The topological polar surface area (TPSA) is 24.9 Å². The van der Waals surface area contributed by atoms with Gasteiger partial charge in [0.1, 0.15) is 0 Å². The van der Waals surface area contributed by atoms with Crippen molar-refractivity contribution in [3.63, 3.8) is 0 Å². The van der Waals surface area contributed by atoms with E-state index in [4.69, 9.17) is 6.42 Å². The number of aromatic nitrogens is 1. The Hall–Kier alpha value is -1.53. The van der Waals surface area contributed by atoms with Crippen LogP contribution in [-0.4, -0.2) is 11.5 Å². The first-order chi connectivity index (χ1) is 6.79. The molecule has 70 valence electrons. The van der Waals surface area contributed by atoms with E-state index in [2.05, 4.69) is 41.3 Å². The molecule has 0 radical (unpaired) electrons. The first-order valence-corrected chi connectivity index (χ1v) is 5.16. The Kier molecular flexibility index (Phi) is 2.38. The van der Waals surface area contributed by atoms with E-state index in [-0.39, 0.29) is 0 Å². The molecule has 1 heterocycles. The van der Waals surface area contributed by atoms with Gasteiger partial charge in [-0.2, -0.15) is 0 Å². The molecule has 14 heavy (non-hydrogen) atoms. The predicted octanol–water partition coefficient (Wildman–Crippen LogP) is 2.65. The standard InChI is InChI=1S/C11H10N2S/c1-3-6-12-11-13-9-7-8(2)4-5-10(9)14-11/h1,4-5,7H,6H2,2H3,(H,12,13). The van der Waals surface area contributed by atoms with Crippen LogP contribution in [0.1, 0.15) is 5.56 Å². The van der Waals surface area contributed by atoms with E-state index in [1.54, 1.807) is 11.3 Å². The molecule has 1 aromatic heterocycles. The zero-order valence-electron chi connectivity index (χ0n) is 7.87. The third-order valence-corrected chi connectivity index (χ3v) is 2.88. The number of nitrogens with zero attached hydrogens (tertiary/aromatic N) is 1. The monoisotopic (exact) mass is 202 g/mol. The zero-order valence-corrected chi connectivity index (χ0v) is 8.69. The molecule has 3 heteroatoms. The normalized spacial score (nSPS) is 10.0. The Labute approximate surface area is 87.0 Å². The number of aryl methyl sites for hydroxylation is 1. The van der Waals surface area contributed by atoms with Crippen molar-refractivity contribution in [2.24, 2.45) is 0 Å². The fraction of sp³-hybridized carbons (Fsp3) is 0.182. The van der Waals surface area contributed by atoms with Crippen LogP contribution in [0.2, 0.25) is 0 Å². The van der Waals surface area contributed by atoms with Gasteiger partial charge in [-0.15, -0.1) is 6.42 Å². The zero-order chi connectivity index (χ0) is 9.97. The van der Waals surface area contributed by atoms with Gasteiger partial charge in [0.15, 0.2) is 5.13 Å². The van der Waals surface area contributed by atoms with Crippen LogP contribution >= 0.6 is 11.3 Å². The second kappa shape index (κ2) is 3.69. The SMILES string of the molecule is C#CCNc1nc2cc(C)ccc2s1. The van der Waals surface area contributed by atoms with Gasteiger partial charge in [-0.05, 0) is 24.6 Å². The van der Waals surface area contributed by atoms with E-state index in [0.29, 0.717) is 6.54 Å². The molecule has 2 aromatic rings. The second-order valence-electron chi connectivity index (χ2n) is 3.05. The van der Waals surface area contributed by atoms with Gasteiger partial charge < -0.3 is 5.32 Å². The number of fused-ring (bicyclic) bond motifs is 1. The lowest BCUT2D eigenvalue weighted by atomic mass is 10.2. The molecule has 0 unspecified atom stereocenters. The second-order valence-corrected chi connectivity index (χ2v) is 4.08. The predicted molar refractivity (Wildman–Crippen MR) is 61.7 cm³/mol. The van der Waals surface area contributed by atoms with E-state index in [0.717, 1.165) is 10.6 Å². The fourth-order valence-electron chi connectivity index (χ4n) is 1.24. The average molecular weight is 202 g/mol. The van der Waals surface area contributed by atoms with E-state index in [9.17, 15) is 0 Å². The van der Waals surface area contributed by atoms with Crippen LogP contribution in [0.5, 0.6) is 0 Å². The Morgan fingerprint density at radius 1 is 1.57 bits per heavy atom. The van der Waals surface area contributed by atoms with Gasteiger partial charge in [0.05, 0.1) is 16.8 Å². The molecule has 0 saturated heterocycles. The van der Waals surface area contributed by atoms with Crippen LogP contribution < -0.4 is 5.32 Å². The van der Waals surface area contributed by atoms with Crippen LogP contribution in [0, 0.1) is 19.3 Å². The highest BCUT2D eigenvalue weighted by Crippen LogP contribution is 2.26. The van der Waals surface area contributed by atoms with Crippen molar-refractivity contribution < 1.29 is 0 Å². The van der Waals surface area contributed by atoms with Crippen molar-refractivity contribution in [3.8, 4) is 12.3 Å². The van der Waals surface area contributed by atoms with Crippen molar-refractivity contribution in [1.82, 2.24) is 4.98 Å². The fourth-order valence-corrected chi connectivity index (χ4v) is 2.08. The van der Waals surface area contributed by atoms with Gasteiger partial charge in [-0.3, -0.25) is 0 Å². The Bertz CT molecular complexity index is 493. The van der Waals surface area contributed by atoms with Crippen LogP contribution in [0.3, 0.4) is 0 Å². The lowest BCUT2D eigenvalue weighted by Gasteiger charge is -1.91. The highest BCUT2D eigenvalue weighted by Gasteiger charge is 2.01. The minimum atomic E-state index is 0.527. The minimum Gasteiger partial charge on any atom is -0.351 e. The highest BCUT2D eigenvalue weighted by molar-refractivity contribution is 7.22. The highest BCUT2D eigenvalue weighted by atomic mass is 32.1. The number of hydrogen-bond acceptors (Lipinski definition) is 3. The number of terminal acetylenes is 1. The Balaban J connectivity index is 2.37. The van der Waals surface area contributed by atoms with Crippen LogP contribution in [0.4, 0.5) is 5.13 Å². The molecule has 0 atom stereocenters. The van der Waals surface area contributed by atoms with Gasteiger partial charge in [-0.1, -0.05) is 23.3 Å². The number of hydrogen-bond donors (Lipinski definition) is 1. The molecule has 0 aliphatic carbocycles. The van der Waals surface area contributed by atoms with Gasteiger partial charge in [-0.25, -0.2) is 4.98 Å². The summed E-state index contributed by atoms with van der Waals surface area (Å²) in [5, 5.41) is 3.97. The summed E-state index contributed by atoms with van der Waals surface area (Å²) >= 11 is 1.63. The first kappa shape index (κ1) is 9.04. The van der Waals surface area contributed by atoms with E-state index >= 15 is 0 Å². The summed E-state index contributed by atoms with van der Waals surface area (Å²) in [6.07, 6.45) is 5.16. The maximum absolute atomic E-state index is 5.16. The molecule has 0 bridgehead atoms. The molecule has 0 aliphatic rings. The summed E-state index contributed by atoms with van der Waals surface area (Å²) in [6, 6.07) is 6.25. The maximum atomic E-state index is 5.16. The quantitative estimate of drug-likeness (QED) is 0.757. The molecule has 0 saturated carbocycles. The Morgan fingerprint density at radius 2 is 2.43 bits per heavy atom. The Morgan fingerprint density at radius 3 is 3.21 bits per heavy atom. The van der Waals surface area contributed by atoms with E-state index in [1.807, 2.05) is 0 Å². The van der Waals surface area contributed by atoms with Crippen molar-refractivity contribution in [3.05, 3.63) is 23.8 Å². The summed E-state index contributed by atoms with van der Waals surface area (Å²) in [4.78, 5) is 4.42. The van der Waals surface area contributed by atoms with Crippen molar-refractivity contribution in [2.75, 3.05) is 11.9 Å². The number of anilines is 1. The van der Waals surface area contributed by atoms with Crippen LogP contribution in [0.15, 0.2) is 18.2 Å². The maximum Gasteiger partial charge on any atom is 0.184 e. The van der Waals surface area contributed by atoms with Crippen molar-refractivity contribution in [2.45, 2.75) is 6.92 Å². The smallest absolute Gasteiger partial charge is 0.184 e. The van der Waals surface area contributed by atoms with E-state index < -0.39 is 0 Å². The molecule has 0 spiro atoms. The summed E-state index contributed by atoms with van der Waals surface area (Å²) < 4.78 is 1.19. The molecule has 2 rings (SSSR count). The molecule has 0 fully saturated rings. The van der Waals surface area contributed by atoms with Crippen LogP contribution in [0.25, 0.3) is 10.2 Å². The largest absolute Gasteiger partial charge is 0.351 e. The average Bonchev–Trinajstić information content (AvgIpc) is 2.56. The van der Waals surface area contributed by atoms with Gasteiger partial charge in [0.2, 0.25) is 0 Å². The minimum absolute atomic E-state index is 0.527. The molecule has 1 aromatic carbocycles. The molecule has 0 amide bonds. The molecule has 1 N–H and O–H groups in total. The lowest BCUT2D eigenvalue weighted by molar-refractivity contribution is 1.33. The van der Waals surface area contributed by atoms with Gasteiger partial charge in [0, 0.05) is 0 Å². The summed E-state index contributed by atoms with van der Waals surface area (Å²) in [6.45, 7) is 2.59. The number of benzene rings is 1. The van der Waals surface area contributed by atoms with Crippen LogP contribution in [-0.2, 0) is 0 Å². The molecular formula is C11H10N2S. The van der Waals surface area contributed by atoms with E-state index in [1.165, 1.54) is 10.3 Å². The lowest BCUT2D eigenvalue weighted by Crippen LogP contribution is -1.96. The summed E-state index contributed by atoms with van der Waals surface area (Å²) in [7, 11) is 0. The van der Waals surface area contributed by atoms with Crippen molar-refractivity contribution in [1.29, 1.82) is 0 Å². The summed E-state index contributed by atoms with van der Waals surface area (Å²) in [5.41, 5.74) is 2.26. The molecular weight excluding hydrogens is 192 g/mol. The first-order valence-electron chi connectivity index (χ1n) is 4.34. The number of thiazole rings is 1. The third-order valence-electron chi connectivity index (χ3n) is 1.88. The summed E-state index contributed by atoms with van der Waals surface area (Å²) in [5.74, 6) is 2.53. The van der Waals surface area contributed by atoms with Gasteiger partial charge in [0.25, 0.3) is 0 Å². The van der Waals surface area contributed by atoms with Gasteiger partial charge >= 0.3 is 0 Å². The number of nitrogens with one attached hydrogen (secondary N) is 1. The van der Waals surface area contributed by atoms with Crippen molar-refractivity contribution >= 4 is 26.7 Å². The third kappa shape index (κ3) is 1.70. The molecule has 2 nitrogen and oxygen atoms in total.